The third-order valence-electron chi connectivity index (χ3n) is 2.31. The number of benzene rings is 1. The summed E-state index contributed by atoms with van der Waals surface area (Å²) < 4.78 is 5.18. The Balaban J connectivity index is 2.74. The lowest BCUT2D eigenvalue weighted by Gasteiger charge is -2.25. The number of alkyl carbamates (subject to hydrolysis) is 1. The van der Waals surface area contributed by atoms with Crippen molar-refractivity contribution >= 4 is 6.09 Å². The van der Waals surface area contributed by atoms with Crippen LogP contribution in [0.4, 0.5) is 4.79 Å². The van der Waals surface area contributed by atoms with Gasteiger partial charge in [0, 0.05) is 0 Å². The minimum atomic E-state index is -0.695. The smallest absolute Gasteiger partial charge is 0.408 e. The summed E-state index contributed by atoms with van der Waals surface area (Å²) in [7, 11) is 0. The van der Waals surface area contributed by atoms with Crippen LogP contribution >= 0.6 is 0 Å². The molecule has 1 aromatic rings. The van der Waals surface area contributed by atoms with Crippen LogP contribution in [0.15, 0.2) is 30.3 Å². The number of aliphatic hydroxyl groups is 1. The first kappa shape index (κ1) is 14.5. The van der Waals surface area contributed by atoms with Crippen molar-refractivity contribution < 1.29 is 14.6 Å². The van der Waals surface area contributed by atoms with E-state index in [-0.39, 0.29) is 0 Å². The van der Waals surface area contributed by atoms with Gasteiger partial charge in [-0.3, -0.25) is 0 Å². The monoisotopic (exact) mass is 251 g/mol. The van der Waals surface area contributed by atoms with Crippen LogP contribution in [-0.4, -0.2) is 22.9 Å². The number of amides is 1. The number of hydrogen-bond donors (Lipinski definition) is 2. The molecule has 1 aromatic carbocycles. The number of hydrogen-bond acceptors (Lipinski definition) is 3. The molecule has 1 unspecified atom stereocenters. The van der Waals surface area contributed by atoms with Crippen molar-refractivity contribution in [1.82, 2.24) is 5.32 Å². The molecule has 2 atom stereocenters. The number of ether oxygens (including phenoxy) is 1. The van der Waals surface area contributed by atoms with Gasteiger partial charge in [-0.25, -0.2) is 4.79 Å². The zero-order chi connectivity index (χ0) is 13.8. The molecular formula is C14H21NO3. The van der Waals surface area contributed by atoms with Gasteiger partial charge in [-0.1, -0.05) is 30.3 Å². The van der Waals surface area contributed by atoms with E-state index in [0.29, 0.717) is 0 Å². The van der Waals surface area contributed by atoms with Gasteiger partial charge in [0.15, 0.2) is 0 Å². The predicted octanol–water partition coefficient (Wildman–Crippen LogP) is 2.63. The van der Waals surface area contributed by atoms with Gasteiger partial charge in [0.2, 0.25) is 0 Å². The molecule has 100 valence electrons. The van der Waals surface area contributed by atoms with Crippen molar-refractivity contribution in [3.8, 4) is 0 Å². The molecule has 0 aromatic heterocycles. The molecule has 0 aliphatic carbocycles. The first-order chi connectivity index (χ1) is 8.29. The molecular weight excluding hydrogens is 230 g/mol. The molecule has 4 heteroatoms. The SMILES string of the molecule is CC(O)[C@@H](NC(=O)OC(C)(C)C)c1ccccc1. The molecule has 0 radical (unpaired) electrons. The highest BCUT2D eigenvalue weighted by molar-refractivity contribution is 5.68. The summed E-state index contributed by atoms with van der Waals surface area (Å²) in [4.78, 5) is 11.7. The Morgan fingerprint density at radius 1 is 1.28 bits per heavy atom. The van der Waals surface area contributed by atoms with Gasteiger partial charge in [-0.15, -0.1) is 0 Å². The maximum Gasteiger partial charge on any atom is 0.408 e. The summed E-state index contributed by atoms with van der Waals surface area (Å²) in [5.74, 6) is 0. The Labute approximate surface area is 108 Å². The van der Waals surface area contributed by atoms with Gasteiger partial charge in [0.05, 0.1) is 12.1 Å². The maximum atomic E-state index is 11.7. The van der Waals surface area contributed by atoms with Crippen molar-refractivity contribution in [3.63, 3.8) is 0 Å². The van der Waals surface area contributed by atoms with E-state index < -0.39 is 23.8 Å². The summed E-state index contributed by atoms with van der Waals surface area (Å²) in [6, 6.07) is 8.85. The van der Waals surface area contributed by atoms with Crippen molar-refractivity contribution in [2.24, 2.45) is 0 Å². The molecule has 2 N–H and O–H groups in total. The first-order valence-corrected chi connectivity index (χ1v) is 6.02. The lowest BCUT2D eigenvalue weighted by molar-refractivity contribution is 0.0436. The van der Waals surface area contributed by atoms with Crippen LogP contribution in [0.2, 0.25) is 0 Å². The minimum absolute atomic E-state index is 0.471. The Hall–Kier alpha value is -1.55. The number of carbonyl (C=O) groups is 1. The van der Waals surface area contributed by atoms with E-state index in [1.165, 1.54) is 0 Å². The van der Waals surface area contributed by atoms with E-state index >= 15 is 0 Å². The molecule has 0 spiro atoms. The van der Waals surface area contributed by atoms with Crippen molar-refractivity contribution in [3.05, 3.63) is 35.9 Å². The van der Waals surface area contributed by atoms with Crippen LogP contribution < -0.4 is 5.32 Å². The van der Waals surface area contributed by atoms with E-state index in [2.05, 4.69) is 5.32 Å². The summed E-state index contributed by atoms with van der Waals surface area (Å²) >= 11 is 0. The van der Waals surface area contributed by atoms with E-state index in [4.69, 9.17) is 4.74 Å². The lowest BCUT2D eigenvalue weighted by atomic mass is 10.0. The molecule has 0 bridgehead atoms. The molecule has 0 saturated carbocycles. The Morgan fingerprint density at radius 2 is 1.83 bits per heavy atom. The zero-order valence-electron chi connectivity index (χ0n) is 11.3. The number of nitrogens with one attached hydrogen (secondary N) is 1. The molecule has 0 heterocycles. The van der Waals surface area contributed by atoms with Crippen molar-refractivity contribution in [2.45, 2.75) is 45.4 Å². The van der Waals surface area contributed by atoms with Gasteiger partial charge < -0.3 is 15.2 Å². The van der Waals surface area contributed by atoms with E-state index in [9.17, 15) is 9.90 Å². The molecule has 1 amide bonds. The molecule has 0 saturated heterocycles. The largest absolute Gasteiger partial charge is 0.444 e. The van der Waals surface area contributed by atoms with Crippen LogP contribution in [-0.2, 0) is 4.74 Å². The summed E-state index contributed by atoms with van der Waals surface area (Å²) in [6.07, 6.45) is -1.22. The van der Waals surface area contributed by atoms with E-state index in [1.54, 1.807) is 27.7 Å². The van der Waals surface area contributed by atoms with E-state index in [1.807, 2.05) is 30.3 Å². The fraction of sp³-hybridized carbons (Fsp3) is 0.500. The van der Waals surface area contributed by atoms with Gasteiger partial charge in [0.1, 0.15) is 5.60 Å². The third-order valence-corrected chi connectivity index (χ3v) is 2.31. The quantitative estimate of drug-likeness (QED) is 0.868. The average Bonchev–Trinajstić information content (AvgIpc) is 2.24. The number of carbonyl (C=O) groups excluding carboxylic acids is 1. The highest BCUT2D eigenvalue weighted by Crippen LogP contribution is 2.17. The topological polar surface area (TPSA) is 58.6 Å². The summed E-state index contributed by atoms with van der Waals surface area (Å²) in [6.45, 7) is 7.03. The Bertz CT molecular complexity index is 382. The summed E-state index contributed by atoms with van der Waals surface area (Å²) in [5, 5.41) is 12.4. The average molecular weight is 251 g/mol. The highest BCUT2D eigenvalue weighted by atomic mass is 16.6. The Kier molecular flexibility index (Phi) is 4.73. The minimum Gasteiger partial charge on any atom is -0.444 e. The second-order valence-electron chi connectivity index (χ2n) is 5.28. The van der Waals surface area contributed by atoms with Gasteiger partial charge in [-0.05, 0) is 33.3 Å². The number of rotatable bonds is 3. The first-order valence-electron chi connectivity index (χ1n) is 6.02. The zero-order valence-corrected chi connectivity index (χ0v) is 11.3. The molecule has 0 fully saturated rings. The van der Waals surface area contributed by atoms with Gasteiger partial charge >= 0.3 is 6.09 Å². The Morgan fingerprint density at radius 3 is 2.28 bits per heavy atom. The van der Waals surface area contributed by atoms with Gasteiger partial charge in [0.25, 0.3) is 0 Å². The molecule has 18 heavy (non-hydrogen) atoms. The van der Waals surface area contributed by atoms with Crippen molar-refractivity contribution in [1.29, 1.82) is 0 Å². The number of aliphatic hydroxyl groups excluding tert-OH is 1. The standard InChI is InChI=1S/C14H21NO3/c1-10(16)12(11-8-6-5-7-9-11)15-13(17)18-14(2,3)4/h5-10,12,16H,1-4H3,(H,15,17)/t10?,12-/m1/s1. The van der Waals surface area contributed by atoms with Crippen LogP contribution in [0.3, 0.4) is 0 Å². The van der Waals surface area contributed by atoms with Crippen LogP contribution in [0.5, 0.6) is 0 Å². The third kappa shape index (κ3) is 4.75. The van der Waals surface area contributed by atoms with Crippen molar-refractivity contribution in [2.75, 3.05) is 0 Å². The fourth-order valence-corrected chi connectivity index (χ4v) is 1.58. The normalized spacial score (nSPS) is 14.7. The van der Waals surface area contributed by atoms with Crippen LogP contribution in [0, 0.1) is 0 Å². The van der Waals surface area contributed by atoms with E-state index in [0.717, 1.165) is 5.56 Å². The highest BCUT2D eigenvalue weighted by Gasteiger charge is 2.23. The lowest BCUT2D eigenvalue weighted by Crippen LogP contribution is -2.38. The van der Waals surface area contributed by atoms with Gasteiger partial charge in [-0.2, -0.15) is 0 Å². The second-order valence-corrected chi connectivity index (χ2v) is 5.28. The molecule has 0 aliphatic heterocycles. The fourth-order valence-electron chi connectivity index (χ4n) is 1.58. The van der Waals surface area contributed by atoms with Crippen LogP contribution in [0.1, 0.15) is 39.3 Å². The molecule has 1 rings (SSSR count). The van der Waals surface area contributed by atoms with Crippen LogP contribution in [0.25, 0.3) is 0 Å². The summed E-state index contributed by atoms with van der Waals surface area (Å²) in [5.41, 5.74) is 0.294. The predicted molar refractivity (Wildman–Crippen MR) is 70.2 cm³/mol. The second kappa shape index (κ2) is 5.87. The maximum absolute atomic E-state index is 11.7. The molecule has 4 nitrogen and oxygen atoms in total. The molecule has 0 aliphatic rings.